The molecular formula is C12H15N3S. The van der Waals surface area contributed by atoms with E-state index >= 15 is 0 Å². The summed E-state index contributed by atoms with van der Waals surface area (Å²) >= 11 is 1.75. The molecule has 84 valence electrons. The Morgan fingerprint density at radius 1 is 1.31 bits per heavy atom. The normalized spacial score (nSPS) is 12.7. The molecule has 0 aliphatic rings. The Labute approximate surface area is 99.3 Å². The van der Waals surface area contributed by atoms with E-state index in [0.29, 0.717) is 0 Å². The van der Waals surface area contributed by atoms with E-state index < -0.39 is 0 Å². The molecule has 0 aliphatic heterocycles. The van der Waals surface area contributed by atoms with Gasteiger partial charge in [0.05, 0.1) is 6.04 Å². The second-order valence-corrected chi connectivity index (χ2v) is 5.16. The van der Waals surface area contributed by atoms with E-state index in [-0.39, 0.29) is 6.04 Å². The van der Waals surface area contributed by atoms with Gasteiger partial charge >= 0.3 is 0 Å². The monoisotopic (exact) mass is 233 g/mol. The van der Waals surface area contributed by atoms with Crippen molar-refractivity contribution in [2.75, 3.05) is 0 Å². The van der Waals surface area contributed by atoms with Crippen LogP contribution in [-0.4, -0.2) is 4.98 Å². The molecule has 0 aliphatic carbocycles. The second kappa shape index (κ2) is 4.74. The number of hydrazine groups is 1. The van der Waals surface area contributed by atoms with Crippen molar-refractivity contribution in [1.82, 2.24) is 10.4 Å². The zero-order valence-corrected chi connectivity index (χ0v) is 10.2. The predicted molar refractivity (Wildman–Crippen MR) is 67.2 cm³/mol. The summed E-state index contributed by atoms with van der Waals surface area (Å²) in [6, 6.07) is 6.35. The predicted octanol–water partition coefficient (Wildman–Crippen LogP) is 2.31. The van der Waals surface area contributed by atoms with Gasteiger partial charge in [-0.25, -0.2) is 5.43 Å². The zero-order chi connectivity index (χ0) is 11.5. The average molecular weight is 233 g/mol. The highest BCUT2D eigenvalue weighted by Crippen LogP contribution is 2.27. The molecule has 2 aromatic rings. The van der Waals surface area contributed by atoms with Crippen molar-refractivity contribution in [2.24, 2.45) is 5.84 Å². The van der Waals surface area contributed by atoms with Crippen LogP contribution in [0.25, 0.3) is 0 Å². The zero-order valence-electron chi connectivity index (χ0n) is 9.40. The molecule has 0 saturated heterocycles. The Hall–Kier alpha value is -1.23. The summed E-state index contributed by atoms with van der Waals surface area (Å²) in [4.78, 5) is 6.70. The van der Waals surface area contributed by atoms with Gasteiger partial charge in [0.1, 0.15) is 0 Å². The van der Waals surface area contributed by atoms with Gasteiger partial charge in [0, 0.05) is 22.1 Å². The lowest BCUT2D eigenvalue weighted by Crippen LogP contribution is -2.28. The van der Waals surface area contributed by atoms with Crippen molar-refractivity contribution in [3.8, 4) is 0 Å². The molecule has 0 fully saturated rings. The second-order valence-electron chi connectivity index (χ2n) is 3.84. The molecule has 3 N–H and O–H groups in total. The van der Waals surface area contributed by atoms with Crippen LogP contribution in [0, 0.1) is 13.8 Å². The maximum Gasteiger partial charge on any atom is 0.0817 e. The molecule has 0 bridgehead atoms. The van der Waals surface area contributed by atoms with Gasteiger partial charge < -0.3 is 0 Å². The third-order valence-corrected chi connectivity index (χ3v) is 3.51. The van der Waals surface area contributed by atoms with Gasteiger partial charge in [0.15, 0.2) is 0 Å². The topological polar surface area (TPSA) is 50.9 Å². The Bertz CT molecular complexity index is 479. The Kier molecular flexibility index (Phi) is 3.33. The lowest BCUT2D eigenvalue weighted by Gasteiger charge is -2.14. The van der Waals surface area contributed by atoms with Crippen molar-refractivity contribution in [2.45, 2.75) is 19.9 Å². The fourth-order valence-electron chi connectivity index (χ4n) is 1.69. The molecule has 4 heteroatoms. The van der Waals surface area contributed by atoms with Crippen LogP contribution in [0.4, 0.5) is 0 Å². The molecule has 2 aromatic heterocycles. The number of nitrogens with two attached hydrogens (primary N) is 1. The first kappa shape index (κ1) is 11.3. The van der Waals surface area contributed by atoms with E-state index in [1.54, 1.807) is 11.3 Å². The highest BCUT2D eigenvalue weighted by Gasteiger charge is 2.14. The SMILES string of the molecule is Cc1cncc(C(NN)c2ccc(C)s2)c1. The fourth-order valence-corrected chi connectivity index (χ4v) is 2.65. The van der Waals surface area contributed by atoms with E-state index in [2.05, 4.69) is 35.5 Å². The minimum Gasteiger partial charge on any atom is -0.271 e. The Morgan fingerprint density at radius 2 is 2.12 bits per heavy atom. The van der Waals surface area contributed by atoms with Crippen LogP contribution in [0.2, 0.25) is 0 Å². The van der Waals surface area contributed by atoms with Crippen molar-refractivity contribution in [1.29, 1.82) is 0 Å². The Balaban J connectivity index is 2.36. The number of aromatic nitrogens is 1. The van der Waals surface area contributed by atoms with Crippen LogP contribution < -0.4 is 11.3 Å². The van der Waals surface area contributed by atoms with E-state index in [0.717, 1.165) is 11.1 Å². The number of pyridine rings is 1. The lowest BCUT2D eigenvalue weighted by atomic mass is 10.1. The van der Waals surface area contributed by atoms with Crippen LogP contribution in [0.1, 0.15) is 26.9 Å². The summed E-state index contributed by atoms with van der Waals surface area (Å²) in [7, 11) is 0. The minimum absolute atomic E-state index is 0.0334. The highest BCUT2D eigenvalue weighted by molar-refractivity contribution is 7.12. The molecular weight excluding hydrogens is 218 g/mol. The number of nitrogens with zero attached hydrogens (tertiary/aromatic N) is 1. The number of hydrogen-bond donors (Lipinski definition) is 2. The first-order valence-corrected chi connectivity index (χ1v) is 5.96. The van der Waals surface area contributed by atoms with Crippen LogP contribution in [-0.2, 0) is 0 Å². The molecule has 1 unspecified atom stereocenters. The first-order valence-electron chi connectivity index (χ1n) is 5.14. The van der Waals surface area contributed by atoms with Gasteiger partial charge in [-0.15, -0.1) is 11.3 Å². The molecule has 3 nitrogen and oxygen atoms in total. The van der Waals surface area contributed by atoms with E-state index in [9.17, 15) is 0 Å². The number of nitrogens with one attached hydrogen (secondary N) is 1. The molecule has 2 heterocycles. The summed E-state index contributed by atoms with van der Waals surface area (Å²) in [6.45, 7) is 4.12. The van der Waals surface area contributed by atoms with Crippen molar-refractivity contribution in [3.05, 3.63) is 51.5 Å². The minimum atomic E-state index is 0.0334. The number of rotatable bonds is 3. The van der Waals surface area contributed by atoms with Crippen LogP contribution in [0.15, 0.2) is 30.6 Å². The fraction of sp³-hybridized carbons (Fsp3) is 0.250. The summed E-state index contributed by atoms with van der Waals surface area (Å²) in [5, 5.41) is 0. The van der Waals surface area contributed by atoms with Crippen molar-refractivity contribution in [3.63, 3.8) is 0 Å². The van der Waals surface area contributed by atoms with Gasteiger partial charge in [0.25, 0.3) is 0 Å². The van der Waals surface area contributed by atoms with E-state index in [1.165, 1.54) is 9.75 Å². The van der Waals surface area contributed by atoms with Crippen LogP contribution in [0.3, 0.4) is 0 Å². The highest BCUT2D eigenvalue weighted by atomic mass is 32.1. The summed E-state index contributed by atoms with van der Waals surface area (Å²) < 4.78 is 0. The van der Waals surface area contributed by atoms with E-state index in [1.807, 2.05) is 19.3 Å². The van der Waals surface area contributed by atoms with Gasteiger partial charge in [0.2, 0.25) is 0 Å². The van der Waals surface area contributed by atoms with Gasteiger partial charge in [-0.05, 0) is 37.1 Å². The summed E-state index contributed by atoms with van der Waals surface area (Å²) in [5.74, 6) is 5.63. The van der Waals surface area contributed by atoms with Crippen molar-refractivity contribution >= 4 is 11.3 Å². The molecule has 2 rings (SSSR count). The van der Waals surface area contributed by atoms with Gasteiger partial charge in [-0.1, -0.05) is 6.07 Å². The lowest BCUT2D eigenvalue weighted by molar-refractivity contribution is 0.644. The number of thiophene rings is 1. The first-order chi connectivity index (χ1) is 7.70. The number of aryl methyl sites for hydroxylation is 2. The van der Waals surface area contributed by atoms with Gasteiger partial charge in [-0.2, -0.15) is 0 Å². The van der Waals surface area contributed by atoms with Gasteiger partial charge in [-0.3, -0.25) is 10.8 Å². The van der Waals surface area contributed by atoms with E-state index in [4.69, 9.17) is 5.84 Å². The quantitative estimate of drug-likeness (QED) is 0.632. The third kappa shape index (κ3) is 2.29. The molecule has 0 radical (unpaired) electrons. The molecule has 16 heavy (non-hydrogen) atoms. The van der Waals surface area contributed by atoms with Crippen LogP contribution in [0.5, 0.6) is 0 Å². The smallest absolute Gasteiger partial charge is 0.0817 e. The summed E-state index contributed by atoms with van der Waals surface area (Å²) in [5.41, 5.74) is 5.09. The Morgan fingerprint density at radius 3 is 2.69 bits per heavy atom. The van der Waals surface area contributed by atoms with Crippen molar-refractivity contribution < 1.29 is 0 Å². The molecule has 0 aromatic carbocycles. The third-order valence-electron chi connectivity index (χ3n) is 2.44. The summed E-state index contributed by atoms with van der Waals surface area (Å²) in [6.07, 6.45) is 3.70. The maximum atomic E-state index is 5.63. The standard InChI is InChI=1S/C12H15N3S/c1-8-5-10(7-14-6-8)12(15-13)11-4-3-9(2)16-11/h3-7,12,15H,13H2,1-2H3. The average Bonchev–Trinajstić information content (AvgIpc) is 2.66. The molecule has 0 spiro atoms. The maximum absolute atomic E-state index is 5.63. The van der Waals surface area contributed by atoms with Crippen LogP contribution >= 0.6 is 11.3 Å². The number of hydrogen-bond acceptors (Lipinski definition) is 4. The molecule has 1 atom stereocenters. The largest absolute Gasteiger partial charge is 0.271 e. The molecule has 0 amide bonds. The molecule has 0 saturated carbocycles.